The number of ether oxygens (including phenoxy) is 1. The average molecular weight is 391 g/mol. The Bertz CT molecular complexity index is 1210. The van der Waals surface area contributed by atoms with Crippen LogP contribution in [0.2, 0.25) is 0 Å². The molecule has 0 saturated carbocycles. The quantitative estimate of drug-likeness (QED) is 0.541. The van der Waals surface area contributed by atoms with E-state index in [0.717, 1.165) is 27.3 Å². The zero-order chi connectivity index (χ0) is 19.7. The van der Waals surface area contributed by atoms with Gasteiger partial charge in [0.15, 0.2) is 0 Å². The van der Waals surface area contributed by atoms with Crippen LogP contribution in [0.15, 0.2) is 59.4 Å². The van der Waals surface area contributed by atoms with E-state index in [0.29, 0.717) is 17.2 Å². The lowest BCUT2D eigenvalue weighted by atomic mass is 10.1. The van der Waals surface area contributed by atoms with Crippen molar-refractivity contribution in [3.05, 3.63) is 76.1 Å². The van der Waals surface area contributed by atoms with Crippen LogP contribution in [0, 0.1) is 6.92 Å². The maximum atomic E-state index is 12.9. The highest BCUT2D eigenvalue weighted by atomic mass is 32.1. The highest BCUT2D eigenvalue weighted by Crippen LogP contribution is 2.33. The number of thiophene rings is 1. The Morgan fingerprint density at radius 1 is 1.14 bits per heavy atom. The summed E-state index contributed by atoms with van der Waals surface area (Å²) in [5.74, 6) is 1.35. The molecular weight excluding hydrogens is 370 g/mol. The minimum atomic E-state index is -0.0389. The van der Waals surface area contributed by atoms with Gasteiger partial charge in [0.05, 0.1) is 12.6 Å². The molecule has 0 aliphatic rings. The molecule has 0 unspecified atom stereocenters. The zero-order valence-corrected chi connectivity index (χ0v) is 16.8. The van der Waals surface area contributed by atoms with Crippen LogP contribution in [-0.4, -0.2) is 16.7 Å². The lowest BCUT2D eigenvalue weighted by Gasteiger charge is -2.10. The van der Waals surface area contributed by atoms with Gasteiger partial charge in [-0.3, -0.25) is 9.36 Å². The van der Waals surface area contributed by atoms with Crippen LogP contribution in [-0.2, 0) is 13.6 Å². The first kappa shape index (κ1) is 18.3. The maximum absolute atomic E-state index is 12.9. The molecule has 4 aromatic rings. The van der Waals surface area contributed by atoms with Gasteiger partial charge in [-0.05, 0) is 41.8 Å². The van der Waals surface area contributed by atoms with E-state index >= 15 is 0 Å². The fourth-order valence-corrected chi connectivity index (χ4v) is 4.32. The summed E-state index contributed by atoms with van der Waals surface area (Å²) < 4.78 is 7.51. The normalized spacial score (nSPS) is 11.0. The van der Waals surface area contributed by atoms with Crippen LogP contribution in [0.25, 0.3) is 20.7 Å². The molecule has 2 heterocycles. The minimum absolute atomic E-state index is 0.0389. The Labute approximate surface area is 167 Å². The number of aryl methyl sites for hydroxylation is 1. The highest BCUT2D eigenvalue weighted by Gasteiger charge is 2.14. The largest absolute Gasteiger partial charge is 0.497 e. The molecule has 1 N–H and O–H groups in total. The maximum Gasteiger partial charge on any atom is 0.272 e. The van der Waals surface area contributed by atoms with Crippen molar-refractivity contribution in [2.75, 3.05) is 12.4 Å². The summed E-state index contributed by atoms with van der Waals surface area (Å²) in [6, 6.07) is 18.0. The minimum Gasteiger partial charge on any atom is -0.497 e. The van der Waals surface area contributed by atoms with Crippen molar-refractivity contribution >= 4 is 27.5 Å². The van der Waals surface area contributed by atoms with E-state index in [4.69, 9.17) is 9.72 Å². The predicted octanol–water partition coefficient (Wildman–Crippen LogP) is 4.59. The topological polar surface area (TPSA) is 56.1 Å². The molecule has 2 aromatic carbocycles. The average Bonchev–Trinajstić information content (AvgIpc) is 3.14. The van der Waals surface area contributed by atoms with Crippen LogP contribution in [0.4, 0.5) is 5.95 Å². The number of anilines is 1. The van der Waals surface area contributed by atoms with Gasteiger partial charge in [0.1, 0.15) is 10.4 Å². The van der Waals surface area contributed by atoms with Crippen molar-refractivity contribution in [1.29, 1.82) is 0 Å². The van der Waals surface area contributed by atoms with Crippen LogP contribution in [0.3, 0.4) is 0 Å². The van der Waals surface area contributed by atoms with Gasteiger partial charge in [0.2, 0.25) is 5.95 Å². The molecule has 2 aromatic heterocycles. The third-order valence-corrected chi connectivity index (χ3v) is 5.90. The van der Waals surface area contributed by atoms with Gasteiger partial charge in [0, 0.05) is 18.5 Å². The Morgan fingerprint density at radius 2 is 1.96 bits per heavy atom. The first-order valence-corrected chi connectivity index (χ1v) is 9.82. The number of rotatable bonds is 5. The molecule has 0 saturated heterocycles. The smallest absolute Gasteiger partial charge is 0.272 e. The summed E-state index contributed by atoms with van der Waals surface area (Å²) in [5, 5.41) is 3.27. The summed E-state index contributed by atoms with van der Waals surface area (Å²) in [6.07, 6.45) is 0. The third kappa shape index (κ3) is 3.39. The Balaban J connectivity index is 1.69. The van der Waals surface area contributed by atoms with Crippen LogP contribution < -0.4 is 15.6 Å². The number of methoxy groups -OCH3 is 1. The highest BCUT2D eigenvalue weighted by molar-refractivity contribution is 7.22. The van der Waals surface area contributed by atoms with Gasteiger partial charge in [-0.25, -0.2) is 4.98 Å². The van der Waals surface area contributed by atoms with Gasteiger partial charge in [-0.15, -0.1) is 11.3 Å². The van der Waals surface area contributed by atoms with E-state index < -0.39 is 0 Å². The molecule has 6 heteroatoms. The second-order valence-corrected chi connectivity index (χ2v) is 7.70. The molecule has 28 heavy (non-hydrogen) atoms. The summed E-state index contributed by atoms with van der Waals surface area (Å²) in [7, 11) is 3.39. The van der Waals surface area contributed by atoms with Crippen molar-refractivity contribution in [1.82, 2.24) is 9.55 Å². The Morgan fingerprint density at radius 3 is 2.75 bits per heavy atom. The molecule has 5 nitrogen and oxygen atoms in total. The van der Waals surface area contributed by atoms with E-state index in [2.05, 4.69) is 24.4 Å². The fraction of sp³-hybridized carbons (Fsp3) is 0.182. The number of aromatic nitrogens is 2. The molecule has 0 aliphatic heterocycles. The molecule has 142 valence electrons. The number of nitrogens with zero attached hydrogens (tertiary/aromatic N) is 2. The lowest BCUT2D eigenvalue weighted by molar-refractivity contribution is 0.414. The van der Waals surface area contributed by atoms with Crippen LogP contribution in [0.5, 0.6) is 5.75 Å². The number of fused-ring (bicyclic) bond motifs is 1. The van der Waals surface area contributed by atoms with Gasteiger partial charge in [-0.2, -0.15) is 0 Å². The summed E-state index contributed by atoms with van der Waals surface area (Å²) in [4.78, 5) is 18.6. The molecule has 0 radical (unpaired) electrons. The number of benzene rings is 2. The molecule has 4 rings (SSSR count). The first-order valence-electron chi connectivity index (χ1n) is 9.00. The molecule has 0 spiro atoms. The van der Waals surface area contributed by atoms with Crippen molar-refractivity contribution in [3.8, 4) is 16.2 Å². The van der Waals surface area contributed by atoms with Crippen LogP contribution in [0.1, 0.15) is 11.1 Å². The molecule has 0 bridgehead atoms. The van der Waals surface area contributed by atoms with Gasteiger partial charge in [0.25, 0.3) is 5.56 Å². The van der Waals surface area contributed by atoms with Gasteiger partial charge < -0.3 is 10.1 Å². The SMILES string of the molecule is COc1cccc(CNc2nc3cc(-c4ccccc4C)sc3c(=O)n2C)c1. The number of hydrogen-bond donors (Lipinski definition) is 1. The van der Waals surface area contributed by atoms with E-state index in [1.54, 1.807) is 18.7 Å². The number of nitrogens with one attached hydrogen (secondary N) is 1. The zero-order valence-electron chi connectivity index (χ0n) is 16.0. The molecule has 0 amide bonds. The van der Waals surface area contributed by atoms with Crippen molar-refractivity contribution in [2.24, 2.45) is 7.05 Å². The van der Waals surface area contributed by atoms with E-state index in [9.17, 15) is 4.79 Å². The summed E-state index contributed by atoms with van der Waals surface area (Å²) in [6.45, 7) is 2.63. The van der Waals surface area contributed by atoms with Gasteiger partial charge in [-0.1, -0.05) is 36.4 Å². The standard InChI is InChI=1S/C22H21N3O2S/c1-14-7-4-5-10-17(14)19-12-18-20(28-19)21(26)25(2)22(24-18)23-13-15-8-6-9-16(11-15)27-3/h4-12H,13H2,1-3H3,(H,23,24). The van der Waals surface area contributed by atoms with Crippen molar-refractivity contribution in [2.45, 2.75) is 13.5 Å². The molecule has 0 fully saturated rings. The van der Waals surface area contributed by atoms with E-state index in [1.165, 1.54) is 16.9 Å². The Hall–Kier alpha value is -3.12. The Kier molecular flexibility index (Phi) is 4.88. The second kappa shape index (κ2) is 7.48. The third-order valence-electron chi connectivity index (χ3n) is 4.75. The monoisotopic (exact) mass is 391 g/mol. The van der Waals surface area contributed by atoms with Crippen LogP contribution >= 0.6 is 11.3 Å². The van der Waals surface area contributed by atoms with Crippen molar-refractivity contribution < 1.29 is 4.74 Å². The van der Waals surface area contributed by atoms with Gasteiger partial charge >= 0.3 is 0 Å². The molecular formula is C22H21N3O2S. The second-order valence-electron chi connectivity index (χ2n) is 6.64. The number of hydrogen-bond acceptors (Lipinski definition) is 5. The summed E-state index contributed by atoms with van der Waals surface area (Å²) in [5.41, 5.74) is 4.06. The first-order chi connectivity index (χ1) is 13.6. The molecule has 0 atom stereocenters. The van der Waals surface area contributed by atoms with E-state index in [1.807, 2.05) is 42.5 Å². The predicted molar refractivity (Wildman–Crippen MR) is 115 cm³/mol. The van der Waals surface area contributed by atoms with Crippen molar-refractivity contribution in [3.63, 3.8) is 0 Å². The van der Waals surface area contributed by atoms with E-state index in [-0.39, 0.29) is 5.56 Å². The fourth-order valence-electron chi connectivity index (χ4n) is 3.16. The molecule has 0 aliphatic carbocycles. The lowest BCUT2D eigenvalue weighted by Crippen LogP contribution is -2.21. The summed E-state index contributed by atoms with van der Waals surface area (Å²) >= 11 is 1.49.